The van der Waals surface area contributed by atoms with Crippen LogP contribution in [0.2, 0.25) is 0 Å². The van der Waals surface area contributed by atoms with Crippen molar-refractivity contribution in [3.63, 3.8) is 0 Å². The number of likely N-dealkylation sites (tertiary alicyclic amines) is 2. The fourth-order valence-electron chi connectivity index (χ4n) is 3.89. The minimum atomic E-state index is -0.0642. The van der Waals surface area contributed by atoms with Crippen molar-refractivity contribution >= 4 is 17.6 Å². The fourth-order valence-corrected chi connectivity index (χ4v) is 3.89. The molecule has 1 aromatic rings. The van der Waals surface area contributed by atoms with Gasteiger partial charge in [-0.1, -0.05) is 6.07 Å². The highest BCUT2D eigenvalue weighted by Gasteiger charge is 2.39. The number of aryl methyl sites for hydroxylation is 1. The summed E-state index contributed by atoms with van der Waals surface area (Å²) in [6, 6.07) is 5.70. The van der Waals surface area contributed by atoms with Gasteiger partial charge in [0.25, 0.3) is 5.91 Å². The molecule has 0 bridgehead atoms. The Balaban J connectivity index is 1.74. The Morgan fingerprint density at radius 3 is 2.64 bits per heavy atom. The van der Waals surface area contributed by atoms with Crippen LogP contribution in [0.4, 0.5) is 10.5 Å². The molecule has 0 aliphatic carbocycles. The number of nitrogens with zero attached hydrogens (tertiary/aromatic N) is 3. The van der Waals surface area contributed by atoms with Crippen LogP contribution in [0.1, 0.15) is 28.8 Å². The number of likely N-dealkylation sites (N-methyl/N-ethyl adjacent to an activating group) is 1. The average Bonchev–Trinajstić information content (AvgIpc) is 2.99. The number of carbonyl (C=O) groups excluding carboxylic acids is 2. The van der Waals surface area contributed by atoms with E-state index in [-0.39, 0.29) is 11.9 Å². The summed E-state index contributed by atoms with van der Waals surface area (Å²) < 4.78 is 0. The Kier molecular flexibility index (Phi) is 4.99. The average molecular weight is 344 g/mol. The highest BCUT2D eigenvalue weighted by atomic mass is 16.2. The lowest BCUT2D eigenvalue weighted by Crippen LogP contribution is -2.49. The number of fused-ring (bicyclic) bond motifs is 1. The number of hydrogen-bond donors (Lipinski definition) is 1. The van der Waals surface area contributed by atoms with E-state index in [2.05, 4.69) is 17.3 Å². The van der Waals surface area contributed by atoms with Gasteiger partial charge < -0.3 is 20.0 Å². The first kappa shape index (κ1) is 17.7. The third kappa shape index (κ3) is 3.63. The molecule has 6 heteroatoms. The van der Waals surface area contributed by atoms with Crippen molar-refractivity contribution < 1.29 is 9.59 Å². The van der Waals surface area contributed by atoms with E-state index in [0.29, 0.717) is 23.2 Å². The summed E-state index contributed by atoms with van der Waals surface area (Å²) >= 11 is 0. The van der Waals surface area contributed by atoms with Crippen LogP contribution >= 0.6 is 0 Å². The molecule has 2 aliphatic heterocycles. The predicted molar refractivity (Wildman–Crippen MR) is 98.9 cm³/mol. The molecular weight excluding hydrogens is 316 g/mol. The van der Waals surface area contributed by atoms with Crippen molar-refractivity contribution in [2.45, 2.75) is 25.8 Å². The molecule has 2 aliphatic rings. The number of benzene rings is 1. The molecule has 2 heterocycles. The summed E-state index contributed by atoms with van der Waals surface area (Å²) in [7, 11) is 5.57. The van der Waals surface area contributed by atoms with Crippen LogP contribution in [0.15, 0.2) is 18.2 Å². The van der Waals surface area contributed by atoms with Gasteiger partial charge in [-0.05, 0) is 57.0 Å². The third-order valence-corrected chi connectivity index (χ3v) is 5.46. The van der Waals surface area contributed by atoms with E-state index in [9.17, 15) is 9.59 Å². The number of piperidine rings is 1. The van der Waals surface area contributed by atoms with E-state index >= 15 is 0 Å². The Morgan fingerprint density at radius 2 is 1.92 bits per heavy atom. The van der Waals surface area contributed by atoms with E-state index in [4.69, 9.17) is 0 Å². The van der Waals surface area contributed by atoms with Gasteiger partial charge in [0.2, 0.25) is 0 Å². The van der Waals surface area contributed by atoms with Gasteiger partial charge in [0.1, 0.15) is 0 Å². The monoisotopic (exact) mass is 344 g/mol. The summed E-state index contributed by atoms with van der Waals surface area (Å²) in [5.41, 5.74) is 2.26. The summed E-state index contributed by atoms with van der Waals surface area (Å²) in [5.74, 6) is 0.551. The summed E-state index contributed by atoms with van der Waals surface area (Å²) in [6.07, 6.45) is 2.25. The van der Waals surface area contributed by atoms with Crippen molar-refractivity contribution in [1.82, 2.24) is 14.7 Å². The second-order valence-corrected chi connectivity index (χ2v) is 7.52. The van der Waals surface area contributed by atoms with Crippen LogP contribution < -0.4 is 5.32 Å². The molecule has 2 saturated heterocycles. The molecule has 2 fully saturated rings. The van der Waals surface area contributed by atoms with Crippen LogP contribution in [0.5, 0.6) is 0 Å². The molecule has 3 rings (SSSR count). The van der Waals surface area contributed by atoms with E-state index in [0.717, 1.165) is 38.0 Å². The zero-order valence-corrected chi connectivity index (χ0v) is 15.6. The minimum absolute atomic E-state index is 0.0552. The Labute approximate surface area is 149 Å². The number of rotatable bonds is 2. The van der Waals surface area contributed by atoms with Gasteiger partial charge in [0.05, 0.1) is 0 Å². The predicted octanol–water partition coefficient (Wildman–Crippen LogP) is 2.25. The molecule has 25 heavy (non-hydrogen) atoms. The number of nitrogens with one attached hydrogen (secondary N) is 1. The summed E-state index contributed by atoms with van der Waals surface area (Å²) in [6.45, 7) is 4.81. The van der Waals surface area contributed by atoms with Crippen LogP contribution in [-0.2, 0) is 0 Å². The zero-order chi connectivity index (χ0) is 18.1. The normalized spacial score (nSPS) is 23.3. The molecule has 6 nitrogen and oxygen atoms in total. The van der Waals surface area contributed by atoms with Crippen molar-refractivity contribution in [3.8, 4) is 0 Å². The van der Waals surface area contributed by atoms with Crippen LogP contribution in [0.3, 0.4) is 0 Å². The third-order valence-electron chi connectivity index (χ3n) is 5.46. The van der Waals surface area contributed by atoms with Crippen molar-refractivity contribution in [1.29, 1.82) is 0 Å². The Hall–Kier alpha value is -2.08. The van der Waals surface area contributed by atoms with Gasteiger partial charge in [-0.15, -0.1) is 0 Å². The molecule has 0 aromatic heterocycles. The SMILES string of the molecule is Cc1ccc(C(=O)N(C)C)cc1NC(=O)N1CC[C@@H]2CCN(C)C[C@@H]21. The lowest BCUT2D eigenvalue weighted by molar-refractivity contribution is 0.0827. The number of anilines is 1. The zero-order valence-electron chi connectivity index (χ0n) is 15.6. The van der Waals surface area contributed by atoms with Gasteiger partial charge in [-0.2, -0.15) is 0 Å². The molecule has 2 atom stereocenters. The number of carbonyl (C=O) groups is 2. The van der Waals surface area contributed by atoms with Crippen LogP contribution in [0, 0.1) is 12.8 Å². The van der Waals surface area contributed by atoms with E-state index < -0.39 is 0 Å². The molecule has 1 N–H and O–H groups in total. The largest absolute Gasteiger partial charge is 0.345 e. The number of hydrogen-bond acceptors (Lipinski definition) is 3. The summed E-state index contributed by atoms with van der Waals surface area (Å²) in [4.78, 5) is 30.8. The van der Waals surface area contributed by atoms with E-state index in [1.165, 1.54) is 0 Å². The van der Waals surface area contributed by atoms with Crippen LogP contribution in [0.25, 0.3) is 0 Å². The second kappa shape index (κ2) is 7.04. The van der Waals surface area contributed by atoms with Gasteiger partial charge in [0, 0.05) is 44.5 Å². The standard InChI is InChI=1S/C19H28N4O2/c1-13-5-6-15(18(24)21(2)3)11-16(13)20-19(25)23-10-8-14-7-9-22(4)12-17(14)23/h5-6,11,14,17H,7-10,12H2,1-4H3,(H,20,25)/t14-,17-/m0/s1. The smallest absolute Gasteiger partial charge is 0.322 e. The maximum absolute atomic E-state index is 12.8. The fraction of sp³-hybridized carbons (Fsp3) is 0.579. The molecule has 1 aromatic carbocycles. The van der Waals surface area contributed by atoms with Gasteiger partial charge in [-0.25, -0.2) is 4.79 Å². The molecule has 0 radical (unpaired) electrons. The molecule has 0 saturated carbocycles. The van der Waals surface area contributed by atoms with Crippen molar-refractivity contribution in [2.75, 3.05) is 46.1 Å². The van der Waals surface area contributed by atoms with Crippen LogP contribution in [-0.4, -0.2) is 73.5 Å². The first-order valence-corrected chi connectivity index (χ1v) is 8.95. The lowest BCUT2D eigenvalue weighted by atomic mass is 9.92. The van der Waals surface area contributed by atoms with E-state index in [1.807, 2.05) is 17.9 Å². The highest BCUT2D eigenvalue weighted by molar-refractivity contribution is 5.97. The molecule has 3 amide bonds. The molecular formula is C19H28N4O2. The van der Waals surface area contributed by atoms with Crippen molar-refractivity contribution in [3.05, 3.63) is 29.3 Å². The molecule has 0 unspecified atom stereocenters. The summed E-state index contributed by atoms with van der Waals surface area (Å²) in [5, 5.41) is 3.03. The highest BCUT2D eigenvalue weighted by Crippen LogP contribution is 2.31. The van der Waals surface area contributed by atoms with Crippen molar-refractivity contribution in [2.24, 2.45) is 5.92 Å². The maximum atomic E-state index is 12.8. The number of amides is 3. The van der Waals surface area contributed by atoms with E-state index in [1.54, 1.807) is 31.1 Å². The lowest BCUT2D eigenvalue weighted by Gasteiger charge is -2.36. The number of urea groups is 1. The maximum Gasteiger partial charge on any atom is 0.322 e. The second-order valence-electron chi connectivity index (χ2n) is 7.52. The first-order chi connectivity index (χ1) is 11.9. The Morgan fingerprint density at radius 1 is 1.20 bits per heavy atom. The first-order valence-electron chi connectivity index (χ1n) is 8.95. The van der Waals surface area contributed by atoms with Gasteiger partial charge >= 0.3 is 6.03 Å². The molecule has 136 valence electrons. The quantitative estimate of drug-likeness (QED) is 0.895. The minimum Gasteiger partial charge on any atom is -0.345 e. The molecule has 0 spiro atoms. The van der Waals surface area contributed by atoms with Gasteiger partial charge in [0.15, 0.2) is 0 Å². The topological polar surface area (TPSA) is 55.9 Å². The Bertz CT molecular complexity index is 673. The van der Waals surface area contributed by atoms with Gasteiger partial charge in [-0.3, -0.25) is 4.79 Å².